The lowest BCUT2D eigenvalue weighted by atomic mass is 10.2. The fraction of sp³-hybridized carbons (Fsp3) is 0.231. The Morgan fingerprint density at radius 2 is 2.10 bits per heavy atom. The Morgan fingerprint density at radius 1 is 1.30 bits per heavy atom. The Morgan fingerprint density at radius 3 is 2.85 bits per heavy atom. The maximum atomic E-state index is 12.2. The molecule has 0 saturated heterocycles. The van der Waals surface area contributed by atoms with Crippen LogP contribution in [0.15, 0.2) is 38.7 Å². The SMILES string of the molecule is Cc1noc(CSc2nc3ccccc3c(=O)n2C)n1. The number of rotatable bonds is 3. The fourth-order valence-electron chi connectivity index (χ4n) is 1.85. The maximum Gasteiger partial charge on any atom is 0.261 e. The summed E-state index contributed by atoms with van der Waals surface area (Å²) in [4.78, 5) is 20.8. The summed E-state index contributed by atoms with van der Waals surface area (Å²) in [7, 11) is 1.71. The van der Waals surface area contributed by atoms with Crippen molar-refractivity contribution in [3.63, 3.8) is 0 Å². The third-order valence-electron chi connectivity index (χ3n) is 2.84. The molecule has 102 valence electrons. The zero-order chi connectivity index (χ0) is 14.1. The van der Waals surface area contributed by atoms with Gasteiger partial charge in [0.25, 0.3) is 5.56 Å². The second kappa shape index (κ2) is 5.09. The van der Waals surface area contributed by atoms with Crippen molar-refractivity contribution < 1.29 is 4.52 Å². The number of hydrogen-bond donors (Lipinski definition) is 0. The van der Waals surface area contributed by atoms with E-state index in [1.165, 1.54) is 16.3 Å². The van der Waals surface area contributed by atoms with Gasteiger partial charge < -0.3 is 4.52 Å². The molecular weight excluding hydrogens is 276 g/mol. The van der Waals surface area contributed by atoms with Crippen molar-refractivity contribution in [2.75, 3.05) is 0 Å². The highest BCUT2D eigenvalue weighted by Crippen LogP contribution is 2.20. The van der Waals surface area contributed by atoms with Gasteiger partial charge in [0, 0.05) is 7.05 Å². The molecule has 0 atom stereocenters. The molecule has 0 radical (unpaired) electrons. The summed E-state index contributed by atoms with van der Waals surface area (Å²) in [6.45, 7) is 1.77. The number of hydrogen-bond acceptors (Lipinski definition) is 6. The predicted molar refractivity (Wildman–Crippen MR) is 75.6 cm³/mol. The number of thioether (sulfide) groups is 1. The first-order chi connectivity index (χ1) is 9.65. The first kappa shape index (κ1) is 12.9. The largest absolute Gasteiger partial charge is 0.338 e. The van der Waals surface area contributed by atoms with E-state index >= 15 is 0 Å². The third kappa shape index (κ3) is 2.32. The van der Waals surface area contributed by atoms with Crippen LogP contribution in [-0.4, -0.2) is 19.7 Å². The van der Waals surface area contributed by atoms with Crippen molar-refractivity contribution in [3.8, 4) is 0 Å². The lowest BCUT2D eigenvalue weighted by Gasteiger charge is -2.07. The van der Waals surface area contributed by atoms with Gasteiger partial charge in [-0.1, -0.05) is 29.1 Å². The van der Waals surface area contributed by atoms with Gasteiger partial charge in [-0.2, -0.15) is 4.98 Å². The summed E-state index contributed by atoms with van der Waals surface area (Å²) in [6, 6.07) is 7.31. The topological polar surface area (TPSA) is 73.8 Å². The van der Waals surface area contributed by atoms with Crippen molar-refractivity contribution in [3.05, 3.63) is 46.3 Å². The fourth-order valence-corrected chi connectivity index (χ4v) is 2.66. The first-order valence-electron chi connectivity index (χ1n) is 6.03. The molecule has 1 aromatic carbocycles. The third-order valence-corrected chi connectivity index (χ3v) is 3.85. The summed E-state index contributed by atoms with van der Waals surface area (Å²) < 4.78 is 6.58. The summed E-state index contributed by atoms with van der Waals surface area (Å²) in [5.41, 5.74) is 0.639. The van der Waals surface area contributed by atoms with Gasteiger partial charge in [0.2, 0.25) is 5.89 Å². The van der Waals surface area contributed by atoms with Gasteiger partial charge in [-0.3, -0.25) is 9.36 Å². The monoisotopic (exact) mass is 288 g/mol. The lowest BCUT2D eigenvalue weighted by Crippen LogP contribution is -2.19. The van der Waals surface area contributed by atoms with Gasteiger partial charge in [0.1, 0.15) is 0 Å². The van der Waals surface area contributed by atoms with E-state index < -0.39 is 0 Å². The van der Waals surface area contributed by atoms with Crippen molar-refractivity contribution >= 4 is 22.7 Å². The van der Waals surface area contributed by atoms with E-state index in [-0.39, 0.29) is 5.56 Å². The summed E-state index contributed by atoms with van der Waals surface area (Å²) in [5, 5.41) is 4.98. The predicted octanol–water partition coefficient (Wildman–Crippen LogP) is 1.92. The van der Waals surface area contributed by atoms with Gasteiger partial charge in [-0.15, -0.1) is 0 Å². The van der Waals surface area contributed by atoms with E-state index in [0.717, 1.165) is 0 Å². The first-order valence-corrected chi connectivity index (χ1v) is 7.01. The van der Waals surface area contributed by atoms with E-state index in [4.69, 9.17) is 4.52 Å². The zero-order valence-electron chi connectivity index (χ0n) is 11.0. The van der Waals surface area contributed by atoms with Gasteiger partial charge in [0.15, 0.2) is 11.0 Å². The van der Waals surface area contributed by atoms with Crippen LogP contribution < -0.4 is 5.56 Å². The second-order valence-corrected chi connectivity index (χ2v) is 5.24. The Kier molecular flexibility index (Phi) is 3.27. The van der Waals surface area contributed by atoms with Crippen LogP contribution in [0.5, 0.6) is 0 Å². The second-order valence-electron chi connectivity index (χ2n) is 4.30. The van der Waals surface area contributed by atoms with Crippen LogP contribution in [0.4, 0.5) is 0 Å². The number of fused-ring (bicyclic) bond motifs is 1. The average Bonchev–Trinajstić information content (AvgIpc) is 2.87. The van der Waals surface area contributed by atoms with Crippen LogP contribution in [0.2, 0.25) is 0 Å². The summed E-state index contributed by atoms with van der Waals surface area (Å²) in [6.07, 6.45) is 0. The molecule has 0 aliphatic rings. The molecule has 0 amide bonds. The molecule has 0 spiro atoms. The smallest absolute Gasteiger partial charge is 0.261 e. The van der Waals surface area contributed by atoms with E-state index in [9.17, 15) is 4.79 Å². The molecule has 0 N–H and O–H groups in total. The molecule has 3 aromatic rings. The standard InChI is InChI=1S/C13H12N4O2S/c1-8-14-11(19-16-8)7-20-13-15-10-6-4-3-5-9(10)12(18)17(13)2/h3-6H,7H2,1-2H3. The summed E-state index contributed by atoms with van der Waals surface area (Å²) in [5.74, 6) is 1.61. The molecule has 0 aliphatic heterocycles. The molecule has 0 aliphatic carbocycles. The lowest BCUT2D eigenvalue weighted by molar-refractivity contribution is 0.387. The minimum absolute atomic E-state index is 0.0557. The van der Waals surface area contributed by atoms with Crippen LogP contribution in [-0.2, 0) is 12.8 Å². The van der Waals surface area contributed by atoms with Crippen LogP contribution in [0, 0.1) is 6.92 Å². The molecule has 0 fully saturated rings. The van der Waals surface area contributed by atoms with Crippen molar-refractivity contribution in [1.82, 2.24) is 19.7 Å². The number of aryl methyl sites for hydroxylation is 1. The van der Waals surface area contributed by atoms with Crippen molar-refractivity contribution in [1.29, 1.82) is 0 Å². The van der Waals surface area contributed by atoms with E-state index in [2.05, 4.69) is 15.1 Å². The number of aromatic nitrogens is 4. The molecule has 2 heterocycles. The molecule has 0 saturated carbocycles. The van der Waals surface area contributed by atoms with Gasteiger partial charge in [-0.05, 0) is 19.1 Å². The summed E-state index contributed by atoms with van der Waals surface area (Å²) >= 11 is 1.40. The highest BCUT2D eigenvalue weighted by atomic mass is 32.2. The number of benzene rings is 1. The Bertz CT molecular complexity index is 825. The normalized spacial score (nSPS) is 11.1. The molecule has 0 unspecified atom stereocenters. The van der Waals surface area contributed by atoms with E-state index in [1.807, 2.05) is 18.2 Å². The van der Waals surface area contributed by atoms with Gasteiger partial charge in [0.05, 0.1) is 16.7 Å². The van der Waals surface area contributed by atoms with Gasteiger partial charge in [-0.25, -0.2) is 4.98 Å². The highest BCUT2D eigenvalue weighted by molar-refractivity contribution is 7.98. The van der Waals surface area contributed by atoms with Crippen LogP contribution >= 0.6 is 11.8 Å². The number of para-hydroxylation sites is 1. The molecular formula is C13H12N4O2S. The Balaban J connectivity index is 1.95. The highest BCUT2D eigenvalue weighted by Gasteiger charge is 2.10. The molecule has 3 rings (SSSR count). The molecule has 7 heteroatoms. The quantitative estimate of drug-likeness (QED) is 0.541. The molecule has 20 heavy (non-hydrogen) atoms. The van der Waals surface area contributed by atoms with Crippen LogP contribution in [0.3, 0.4) is 0 Å². The Hall–Kier alpha value is -2.15. The zero-order valence-corrected chi connectivity index (χ0v) is 11.8. The molecule has 6 nitrogen and oxygen atoms in total. The molecule has 0 bridgehead atoms. The maximum absolute atomic E-state index is 12.2. The molecule has 2 aromatic heterocycles. The average molecular weight is 288 g/mol. The van der Waals surface area contributed by atoms with E-state index in [0.29, 0.717) is 33.5 Å². The van der Waals surface area contributed by atoms with E-state index in [1.54, 1.807) is 20.0 Å². The van der Waals surface area contributed by atoms with Gasteiger partial charge >= 0.3 is 0 Å². The van der Waals surface area contributed by atoms with Crippen molar-refractivity contribution in [2.45, 2.75) is 17.8 Å². The van der Waals surface area contributed by atoms with Crippen LogP contribution in [0.1, 0.15) is 11.7 Å². The minimum atomic E-state index is -0.0557. The number of nitrogens with zero attached hydrogens (tertiary/aromatic N) is 4. The van der Waals surface area contributed by atoms with Crippen molar-refractivity contribution in [2.24, 2.45) is 7.05 Å². The Labute approximate surface area is 118 Å². The van der Waals surface area contributed by atoms with Crippen LogP contribution in [0.25, 0.3) is 10.9 Å². The minimum Gasteiger partial charge on any atom is -0.338 e.